The molecule has 4 nitrogen and oxygen atoms in total. The number of nitrogens with zero attached hydrogens (tertiary/aromatic N) is 3. The normalized spacial score (nSPS) is 14.9. The van der Waals surface area contributed by atoms with Gasteiger partial charge in [-0.25, -0.2) is 9.97 Å². The molecule has 0 bridgehead atoms. The molecule has 0 N–H and O–H groups in total. The minimum atomic E-state index is -4.55. The van der Waals surface area contributed by atoms with Crippen molar-refractivity contribution in [2.24, 2.45) is 0 Å². The first-order chi connectivity index (χ1) is 15.4. The molecule has 8 heteroatoms. The van der Waals surface area contributed by atoms with Crippen LogP contribution in [0.5, 0.6) is 5.75 Å². The van der Waals surface area contributed by atoms with E-state index in [4.69, 9.17) is 4.74 Å². The van der Waals surface area contributed by atoms with Gasteiger partial charge in [-0.15, -0.1) is 0 Å². The van der Waals surface area contributed by atoms with Crippen LogP contribution in [0.25, 0.3) is 0 Å². The zero-order chi connectivity index (χ0) is 22.6. The number of anilines is 2. The lowest BCUT2D eigenvalue weighted by Gasteiger charge is -2.27. The summed E-state index contributed by atoms with van der Waals surface area (Å²) >= 11 is 0.971. The number of hydrogen-bond acceptors (Lipinski definition) is 5. The van der Waals surface area contributed by atoms with E-state index in [-0.39, 0.29) is 17.1 Å². The molecule has 1 heterocycles. The van der Waals surface area contributed by atoms with Gasteiger partial charge in [-0.05, 0) is 49.9 Å². The van der Waals surface area contributed by atoms with Crippen LogP contribution in [-0.4, -0.2) is 23.1 Å². The summed E-state index contributed by atoms with van der Waals surface area (Å²) < 4.78 is 47.1. The third-order valence-electron chi connectivity index (χ3n) is 5.38. The first-order valence-electron chi connectivity index (χ1n) is 10.6. The third-order valence-corrected chi connectivity index (χ3v) is 6.39. The van der Waals surface area contributed by atoms with E-state index in [2.05, 4.69) is 9.97 Å². The van der Waals surface area contributed by atoms with Crippen molar-refractivity contribution in [2.45, 2.75) is 54.3 Å². The van der Waals surface area contributed by atoms with Crippen LogP contribution in [0.4, 0.5) is 24.8 Å². The molecule has 1 fully saturated rings. The monoisotopic (exact) mass is 459 g/mol. The molecule has 1 aliphatic rings. The van der Waals surface area contributed by atoms with E-state index >= 15 is 0 Å². The second-order valence-corrected chi connectivity index (χ2v) is 8.77. The predicted molar refractivity (Wildman–Crippen MR) is 120 cm³/mol. The van der Waals surface area contributed by atoms with Gasteiger partial charge in [0.2, 0.25) is 5.95 Å². The van der Waals surface area contributed by atoms with Crippen molar-refractivity contribution in [3.63, 3.8) is 0 Å². The van der Waals surface area contributed by atoms with Gasteiger partial charge in [-0.1, -0.05) is 48.5 Å². The Kier molecular flexibility index (Phi) is 6.89. The quantitative estimate of drug-likeness (QED) is 0.367. The van der Waals surface area contributed by atoms with E-state index in [1.807, 2.05) is 30.3 Å². The van der Waals surface area contributed by atoms with Crippen molar-refractivity contribution in [3.05, 3.63) is 66.4 Å². The molecule has 0 saturated heterocycles. The summed E-state index contributed by atoms with van der Waals surface area (Å²) in [6.07, 6.45) is 1.98. The van der Waals surface area contributed by atoms with Gasteiger partial charge < -0.3 is 9.64 Å². The molecule has 1 aliphatic carbocycles. The Labute approximate surface area is 189 Å². The molecule has 2 aromatic carbocycles. The Morgan fingerprint density at radius 2 is 1.66 bits per heavy atom. The number of aromatic nitrogens is 2. The molecule has 168 valence electrons. The Balaban J connectivity index is 1.65. The fourth-order valence-electron chi connectivity index (χ4n) is 3.70. The maximum atomic E-state index is 13.6. The fraction of sp³-hybridized carbons (Fsp3) is 0.333. The van der Waals surface area contributed by atoms with Crippen molar-refractivity contribution in [3.8, 4) is 5.75 Å². The zero-order valence-corrected chi connectivity index (χ0v) is 18.5. The zero-order valence-electron chi connectivity index (χ0n) is 17.7. The van der Waals surface area contributed by atoms with E-state index in [0.29, 0.717) is 16.3 Å². The summed E-state index contributed by atoms with van der Waals surface area (Å²) in [5.41, 5.74) is -0.135. The van der Waals surface area contributed by atoms with Crippen molar-refractivity contribution in [2.75, 3.05) is 11.9 Å². The van der Waals surface area contributed by atoms with Crippen LogP contribution in [0, 0.1) is 0 Å². The molecule has 0 atom stereocenters. The minimum absolute atomic E-state index is 0.133. The molecule has 0 unspecified atom stereocenters. The van der Waals surface area contributed by atoms with Gasteiger partial charge in [0.1, 0.15) is 16.3 Å². The Morgan fingerprint density at radius 3 is 2.38 bits per heavy atom. The summed E-state index contributed by atoms with van der Waals surface area (Å²) in [5.74, 6) is 0.860. The van der Waals surface area contributed by atoms with E-state index in [1.165, 1.54) is 6.42 Å². The summed E-state index contributed by atoms with van der Waals surface area (Å²) in [5, 5.41) is -0.133. The largest absolute Gasteiger partial charge is 0.488 e. The predicted octanol–water partition coefficient (Wildman–Crippen LogP) is 7.13. The smallest absolute Gasteiger partial charge is 0.420 e. The minimum Gasteiger partial charge on any atom is -0.488 e. The highest BCUT2D eigenvalue weighted by Crippen LogP contribution is 2.40. The highest BCUT2D eigenvalue weighted by molar-refractivity contribution is 7.99. The Hall–Kier alpha value is -2.74. The van der Waals surface area contributed by atoms with Crippen molar-refractivity contribution >= 4 is 23.4 Å². The van der Waals surface area contributed by atoms with Crippen molar-refractivity contribution in [1.82, 2.24) is 9.97 Å². The van der Waals surface area contributed by atoms with Gasteiger partial charge in [0, 0.05) is 18.1 Å². The average molecular weight is 460 g/mol. The summed E-state index contributed by atoms with van der Waals surface area (Å²) in [6.45, 7) is 0. The van der Waals surface area contributed by atoms with Gasteiger partial charge >= 0.3 is 6.18 Å². The molecule has 4 rings (SSSR count). The van der Waals surface area contributed by atoms with E-state index in [0.717, 1.165) is 43.6 Å². The van der Waals surface area contributed by atoms with Crippen LogP contribution in [0.1, 0.15) is 37.7 Å². The first-order valence-corrected chi connectivity index (χ1v) is 11.4. The maximum Gasteiger partial charge on any atom is 0.420 e. The molecule has 1 saturated carbocycles. The Bertz CT molecular complexity index is 1040. The standard InChI is InChI=1S/C24H24F3N3OS/c1-30(20-14-8-9-15-21(20)31-17-10-4-2-5-11-17)23-28-16-19(24(25,26)27)22(29-23)32-18-12-6-3-7-13-18/h3,6-9,12-17H,2,4-5,10-11H2,1H3. The molecule has 32 heavy (non-hydrogen) atoms. The van der Waals surface area contributed by atoms with Crippen molar-refractivity contribution in [1.29, 1.82) is 0 Å². The first kappa shape index (κ1) is 22.5. The molecular weight excluding hydrogens is 435 g/mol. The number of rotatable bonds is 6. The summed E-state index contributed by atoms with van der Waals surface area (Å²) in [6, 6.07) is 16.4. The Morgan fingerprint density at radius 1 is 0.969 bits per heavy atom. The van der Waals surface area contributed by atoms with Crippen LogP contribution in [0.2, 0.25) is 0 Å². The number of halogens is 3. The van der Waals surface area contributed by atoms with Gasteiger partial charge in [0.15, 0.2) is 0 Å². The van der Waals surface area contributed by atoms with Crippen LogP contribution >= 0.6 is 11.8 Å². The van der Waals surface area contributed by atoms with Gasteiger partial charge in [-0.2, -0.15) is 13.2 Å². The summed E-state index contributed by atoms with van der Waals surface area (Å²) in [4.78, 5) is 10.7. The number of benzene rings is 2. The second kappa shape index (κ2) is 9.81. The molecule has 0 radical (unpaired) electrons. The third kappa shape index (κ3) is 5.35. The van der Waals surface area contributed by atoms with E-state index in [9.17, 15) is 13.2 Å². The molecule has 0 aliphatic heterocycles. The molecule has 0 amide bonds. The van der Waals surface area contributed by atoms with Crippen molar-refractivity contribution < 1.29 is 17.9 Å². The lowest BCUT2D eigenvalue weighted by molar-refractivity contribution is -0.140. The lowest BCUT2D eigenvalue weighted by Crippen LogP contribution is -2.22. The molecular formula is C24H24F3N3OS. The maximum absolute atomic E-state index is 13.6. The topological polar surface area (TPSA) is 38.2 Å². The van der Waals surface area contributed by atoms with Crippen LogP contribution in [-0.2, 0) is 6.18 Å². The molecule has 0 spiro atoms. The summed E-state index contributed by atoms with van der Waals surface area (Å²) in [7, 11) is 1.74. The number of alkyl halides is 3. The number of hydrogen-bond donors (Lipinski definition) is 0. The van der Waals surface area contributed by atoms with Crippen LogP contribution in [0.15, 0.2) is 70.7 Å². The van der Waals surface area contributed by atoms with Crippen LogP contribution < -0.4 is 9.64 Å². The molecule has 1 aromatic heterocycles. The molecule has 3 aromatic rings. The van der Waals surface area contributed by atoms with Gasteiger partial charge in [0.05, 0.1) is 11.8 Å². The highest BCUT2D eigenvalue weighted by Gasteiger charge is 2.36. The van der Waals surface area contributed by atoms with E-state index in [1.54, 1.807) is 36.2 Å². The van der Waals surface area contributed by atoms with Gasteiger partial charge in [0.25, 0.3) is 0 Å². The van der Waals surface area contributed by atoms with Gasteiger partial charge in [-0.3, -0.25) is 0 Å². The number of para-hydroxylation sites is 2. The SMILES string of the molecule is CN(c1ncc(C(F)(F)F)c(Sc2ccccc2)n1)c1ccccc1OC1CCCCC1. The average Bonchev–Trinajstić information content (AvgIpc) is 2.79. The second-order valence-electron chi connectivity index (χ2n) is 7.71. The highest BCUT2D eigenvalue weighted by atomic mass is 32.2. The van der Waals surface area contributed by atoms with E-state index < -0.39 is 11.7 Å². The lowest BCUT2D eigenvalue weighted by atomic mass is 9.98. The van der Waals surface area contributed by atoms with Crippen LogP contribution in [0.3, 0.4) is 0 Å². The number of ether oxygens (including phenoxy) is 1. The fourth-order valence-corrected chi connectivity index (χ4v) is 4.62.